The molecule has 0 atom stereocenters. The van der Waals surface area contributed by atoms with Crippen LogP contribution < -0.4 is 5.43 Å². The van der Waals surface area contributed by atoms with Gasteiger partial charge >= 0.3 is 0 Å². The first-order valence-electron chi connectivity index (χ1n) is 5.07. The molecule has 4 nitrogen and oxygen atoms in total. The summed E-state index contributed by atoms with van der Waals surface area (Å²) in [6.07, 6.45) is 1.65. The summed E-state index contributed by atoms with van der Waals surface area (Å²) in [5, 5.41) is 3.72. The molecular formula is C12H8ClN3O. The second-order valence-corrected chi connectivity index (χ2v) is 4.11. The summed E-state index contributed by atoms with van der Waals surface area (Å²) < 4.78 is 1.69. The number of fused-ring (bicyclic) bond motifs is 1. The minimum absolute atomic E-state index is 0.0610. The van der Waals surface area contributed by atoms with Crippen molar-refractivity contribution < 1.29 is 0 Å². The number of H-pyrrole nitrogens is 1. The van der Waals surface area contributed by atoms with E-state index >= 15 is 0 Å². The van der Waals surface area contributed by atoms with Gasteiger partial charge in [0.15, 0.2) is 16.9 Å². The van der Waals surface area contributed by atoms with E-state index in [9.17, 15) is 4.79 Å². The maximum absolute atomic E-state index is 11.2. The van der Waals surface area contributed by atoms with Crippen molar-refractivity contribution in [3.8, 4) is 11.4 Å². The monoisotopic (exact) mass is 245 g/mol. The molecule has 0 aliphatic heterocycles. The zero-order valence-corrected chi connectivity index (χ0v) is 9.48. The Balaban J connectivity index is 2.21. The fourth-order valence-corrected chi connectivity index (χ4v) is 1.86. The Hall–Kier alpha value is -2.07. The SMILES string of the molecule is O=c1ccn2[nH]c(-c3cccc(Cl)c3)nc2c1. The van der Waals surface area contributed by atoms with Crippen molar-refractivity contribution in [1.29, 1.82) is 0 Å². The predicted octanol–water partition coefficient (Wildman–Crippen LogP) is 2.34. The Kier molecular flexibility index (Phi) is 2.23. The van der Waals surface area contributed by atoms with Gasteiger partial charge in [-0.1, -0.05) is 23.7 Å². The van der Waals surface area contributed by atoms with Crippen LogP contribution in [0.3, 0.4) is 0 Å². The fraction of sp³-hybridized carbons (Fsp3) is 0. The Bertz CT molecular complexity index is 745. The molecule has 0 amide bonds. The molecule has 1 aromatic carbocycles. The van der Waals surface area contributed by atoms with Crippen LogP contribution in [-0.2, 0) is 0 Å². The maximum atomic E-state index is 11.2. The molecule has 1 N–H and O–H groups in total. The molecule has 2 aromatic heterocycles. The van der Waals surface area contributed by atoms with Gasteiger partial charge in [-0.2, -0.15) is 0 Å². The van der Waals surface area contributed by atoms with Crippen molar-refractivity contribution in [1.82, 2.24) is 14.6 Å². The highest BCUT2D eigenvalue weighted by Gasteiger charge is 2.04. The molecule has 5 heteroatoms. The number of hydrogen-bond donors (Lipinski definition) is 1. The molecule has 0 saturated carbocycles. The second kappa shape index (κ2) is 3.75. The van der Waals surface area contributed by atoms with E-state index in [1.165, 1.54) is 12.1 Å². The number of nitrogens with one attached hydrogen (secondary N) is 1. The average Bonchev–Trinajstić information content (AvgIpc) is 2.72. The van der Waals surface area contributed by atoms with Crippen LogP contribution in [0.1, 0.15) is 0 Å². The lowest BCUT2D eigenvalue weighted by Gasteiger charge is -1.95. The quantitative estimate of drug-likeness (QED) is 0.715. The molecule has 0 aliphatic carbocycles. The van der Waals surface area contributed by atoms with Crippen molar-refractivity contribution in [2.75, 3.05) is 0 Å². The summed E-state index contributed by atoms with van der Waals surface area (Å²) in [7, 11) is 0. The zero-order chi connectivity index (χ0) is 11.8. The van der Waals surface area contributed by atoms with Crippen molar-refractivity contribution >= 4 is 17.2 Å². The second-order valence-electron chi connectivity index (χ2n) is 3.67. The van der Waals surface area contributed by atoms with Crippen LogP contribution in [0, 0.1) is 0 Å². The standard InChI is InChI=1S/C12H8ClN3O/c13-9-3-1-2-8(6-9)12-14-11-7-10(17)4-5-16(11)15-12/h1-7H,(H,14,15). The molecule has 0 radical (unpaired) electrons. The lowest BCUT2D eigenvalue weighted by Crippen LogP contribution is -1.98. The summed E-state index contributed by atoms with van der Waals surface area (Å²) >= 11 is 5.92. The van der Waals surface area contributed by atoms with Crippen LogP contribution in [0.4, 0.5) is 0 Å². The molecular weight excluding hydrogens is 238 g/mol. The van der Waals surface area contributed by atoms with Gasteiger partial charge in [0.1, 0.15) is 0 Å². The van der Waals surface area contributed by atoms with E-state index in [4.69, 9.17) is 11.6 Å². The maximum Gasteiger partial charge on any atom is 0.183 e. The number of pyridine rings is 1. The van der Waals surface area contributed by atoms with E-state index in [1.54, 1.807) is 16.8 Å². The first kappa shape index (κ1) is 10.1. The lowest BCUT2D eigenvalue weighted by atomic mass is 10.2. The van der Waals surface area contributed by atoms with Crippen molar-refractivity contribution in [2.24, 2.45) is 0 Å². The van der Waals surface area contributed by atoms with Gasteiger partial charge in [0.25, 0.3) is 0 Å². The van der Waals surface area contributed by atoms with Crippen molar-refractivity contribution in [2.45, 2.75) is 0 Å². The van der Waals surface area contributed by atoms with Gasteiger partial charge in [-0.15, -0.1) is 0 Å². The smallest absolute Gasteiger partial charge is 0.183 e. The molecule has 84 valence electrons. The first-order chi connectivity index (χ1) is 8.22. The molecule has 17 heavy (non-hydrogen) atoms. The number of nitrogens with zero attached hydrogens (tertiary/aromatic N) is 2. The summed E-state index contributed by atoms with van der Waals surface area (Å²) in [4.78, 5) is 15.5. The van der Waals surface area contributed by atoms with Crippen LogP contribution in [0.2, 0.25) is 5.02 Å². The molecule has 0 aliphatic rings. The Morgan fingerprint density at radius 3 is 2.94 bits per heavy atom. The minimum atomic E-state index is -0.0610. The number of aromatic nitrogens is 3. The number of rotatable bonds is 1. The fourth-order valence-electron chi connectivity index (χ4n) is 1.67. The van der Waals surface area contributed by atoms with E-state index in [2.05, 4.69) is 10.1 Å². The Morgan fingerprint density at radius 1 is 1.24 bits per heavy atom. The molecule has 0 fully saturated rings. The van der Waals surface area contributed by atoms with E-state index in [0.717, 1.165) is 5.56 Å². The third-order valence-electron chi connectivity index (χ3n) is 2.46. The van der Waals surface area contributed by atoms with Crippen molar-refractivity contribution in [3.63, 3.8) is 0 Å². The highest BCUT2D eigenvalue weighted by atomic mass is 35.5. The summed E-state index contributed by atoms with van der Waals surface area (Å²) in [6.45, 7) is 0. The molecule has 0 bridgehead atoms. The summed E-state index contributed by atoms with van der Waals surface area (Å²) in [6, 6.07) is 10.3. The number of hydrogen-bond acceptors (Lipinski definition) is 2. The molecule has 3 aromatic rings. The first-order valence-corrected chi connectivity index (χ1v) is 5.44. The third-order valence-corrected chi connectivity index (χ3v) is 2.69. The summed E-state index contributed by atoms with van der Waals surface area (Å²) in [5.74, 6) is 0.679. The minimum Gasteiger partial charge on any atom is -0.290 e. The molecule has 0 unspecified atom stereocenters. The molecule has 0 spiro atoms. The Morgan fingerprint density at radius 2 is 2.12 bits per heavy atom. The van der Waals surface area contributed by atoms with Gasteiger partial charge in [0, 0.05) is 28.9 Å². The van der Waals surface area contributed by atoms with Crippen LogP contribution in [0.25, 0.3) is 17.0 Å². The number of benzene rings is 1. The van der Waals surface area contributed by atoms with Crippen LogP contribution >= 0.6 is 11.6 Å². The van der Waals surface area contributed by atoms with Gasteiger partial charge < -0.3 is 0 Å². The average molecular weight is 246 g/mol. The van der Waals surface area contributed by atoms with Gasteiger partial charge in [-0.25, -0.2) is 9.50 Å². The van der Waals surface area contributed by atoms with Crippen LogP contribution in [0.15, 0.2) is 47.4 Å². The van der Waals surface area contributed by atoms with E-state index in [1.807, 2.05) is 18.2 Å². The third kappa shape index (κ3) is 1.83. The molecule has 3 rings (SSSR count). The van der Waals surface area contributed by atoms with Gasteiger partial charge in [0.05, 0.1) is 0 Å². The zero-order valence-electron chi connectivity index (χ0n) is 8.72. The van der Waals surface area contributed by atoms with Gasteiger partial charge in [-0.05, 0) is 12.1 Å². The summed E-state index contributed by atoms with van der Waals surface area (Å²) in [5.41, 5.74) is 1.41. The largest absolute Gasteiger partial charge is 0.290 e. The van der Waals surface area contributed by atoms with Gasteiger partial charge in [-0.3, -0.25) is 9.89 Å². The van der Waals surface area contributed by atoms with Crippen LogP contribution in [-0.4, -0.2) is 14.6 Å². The predicted molar refractivity (Wildman–Crippen MR) is 66.3 cm³/mol. The Labute approximate surface area is 101 Å². The number of halogens is 1. The lowest BCUT2D eigenvalue weighted by molar-refractivity contribution is 0.963. The van der Waals surface area contributed by atoms with Crippen LogP contribution in [0.5, 0.6) is 0 Å². The topological polar surface area (TPSA) is 50.2 Å². The molecule has 2 heterocycles. The highest BCUT2D eigenvalue weighted by Crippen LogP contribution is 2.19. The van der Waals surface area contributed by atoms with Gasteiger partial charge in [0.2, 0.25) is 0 Å². The highest BCUT2D eigenvalue weighted by molar-refractivity contribution is 6.30. The van der Waals surface area contributed by atoms with E-state index in [-0.39, 0.29) is 5.43 Å². The van der Waals surface area contributed by atoms with E-state index in [0.29, 0.717) is 16.5 Å². The normalized spacial score (nSPS) is 10.9. The van der Waals surface area contributed by atoms with E-state index < -0.39 is 0 Å². The number of aromatic amines is 1. The van der Waals surface area contributed by atoms with Crippen molar-refractivity contribution in [3.05, 3.63) is 57.8 Å². The molecule has 0 saturated heterocycles.